The zero-order valence-electron chi connectivity index (χ0n) is 24.6. The number of rotatable bonds is 9. The first kappa shape index (κ1) is 29.8. The maximum Gasteiger partial charge on any atom is 0.343 e. The Morgan fingerprint density at radius 1 is 0.727 bits per heavy atom. The van der Waals surface area contributed by atoms with Crippen molar-refractivity contribution >= 4 is 46.9 Å². The molecule has 9 heteroatoms. The third kappa shape index (κ3) is 6.37. The highest BCUT2D eigenvalue weighted by Crippen LogP contribution is 2.32. The summed E-state index contributed by atoms with van der Waals surface area (Å²) in [7, 11) is 0. The van der Waals surface area contributed by atoms with Gasteiger partial charge in [-0.3, -0.25) is 14.4 Å². The van der Waals surface area contributed by atoms with E-state index in [1.807, 2.05) is 32.0 Å². The van der Waals surface area contributed by atoms with E-state index in [2.05, 4.69) is 5.32 Å². The number of hydrogen-bond donors (Lipinski definition) is 1. The summed E-state index contributed by atoms with van der Waals surface area (Å²) >= 11 is 0. The van der Waals surface area contributed by atoms with Crippen molar-refractivity contribution in [3.63, 3.8) is 0 Å². The summed E-state index contributed by atoms with van der Waals surface area (Å²) in [4.78, 5) is 55.4. The molecule has 0 unspecified atom stereocenters. The van der Waals surface area contributed by atoms with Crippen molar-refractivity contribution in [3.8, 4) is 11.5 Å². The van der Waals surface area contributed by atoms with Gasteiger partial charge in [-0.25, -0.2) is 14.6 Å². The molecule has 222 valence electrons. The summed E-state index contributed by atoms with van der Waals surface area (Å²) in [6, 6.07) is 26.6. The van der Waals surface area contributed by atoms with E-state index in [0.717, 1.165) is 20.9 Å². The van der Waals surface area contributed by atoms with Crippen LogP contribution in [0, 0.1) is 13.8 Å². The average molecular weight is 590 g/mol. The minimum atomic E-state index is -0.771. The van der Waals surface area contributed by atoms with Crippen LogP contribution in [-0.2, 0) is 14.4 Å². The Kier molecular flexibility index (Phi) is 8.85. The van der Waals surface area contributed by atoms with Gasteiger partial charge < -0.3 is 14.8 Å². The number of imide groups is 2. The van der Waals surface area contributed by atoms with Gasteiger partial charge in [-0.05, 0) is 92.1 Å². The molecular weight excluding hydrogens is 558 g/mol. The molecule has 4 aromatic carbocycles. The second kappa shape index (κ2) is 13.1. The van der Waals surface area contributed by atoms with Crippen molar-refractivity contribution < 1.29 is 28.7 Å². The molecule has 0 radical (unpaired) electrons. The summed E-state index contributed by atoms with van der Waals surface area (Å²) < 4.78 is 11.5. The second-order valence-corrected chi connectivity index (χ2v) is 10.1. The summed E-state index contributed by atoms with van der Waals surface area (Å²) in [6.07, 6.45) is 1.42. The molecule has 44 heavy (non-hydrogen) atoms. The third-order valence-corrected chi connectivity index (χ3v) is 7.01. The van der Waals surface area contributed by atoms with Crippen LogP contribution < -0.4 is 24.6 Å². The lowest BCUT2D eigenvalue weighted by Gasteiger charge is -2.33. The van der Waals surface area contributed by atoms with Gasteiger partial charge in [0.2, 0.25) is 0 Å². The number of aryl methyl sites for hydroxylation is 2. The molecule has 0 spiro atoms. The fourth-order valence-electron chi connectivity index (χ4n) is 4.67. The van der Waals surface area contributed by atoms with Gasteiger partial charge in [0.25, 0.3) is 17.7 Å². The van der Waals surface area contributed by atoms with Gasteiger partial charge in [0.15, 0.2) is 18.1 Å². The minimum absolute atomic E-state index is 0.207. The SMILES string of the molecule is CCOc1cc(C=C2C(=O)N(c3ccccc3)C(=O)N(c3ccccc3)C2=O)ccc1OCC(=O)Nc1ccc(C)c(C)c1. The number of barbiturate groups is 1. The second-order valence-electron chi connectivity index (χ2n) is 10.1. The Balaban J connectivity index is 1.43. The van der Waals surface area contributed by atoms with E-state index in [4.69, 9.17) is 9.47 Å². The first-order chi connectivity index (χ1) is 21.3. The van der Waals surface area contributed by atoms with Crippen molar-refractivity contribution in [2.75, 3.05) is 28.3 Å². The lowest BCUT2D eigenvalue weighted by molar-refractivity contribution is -0.121. The summed E-state index contributed by atoms with van der Waals surface area (Å²) in [5.41, 5.74) is 3.78. The van der Waals surface area contributed by atoms with Crippen molar-refractivity contribution in [2.24, 2.45) is 0 Å². The molecule has 1 saturated heterocycles. The predicted molar refractivity (Wildman–Crippen MR) is 169 cm³/mol. The van der Waals surface area contributed by atoms with E-state index in [0.29, 0.717) is 40.7 Å². The lowest BCUT2D eigenvalue weighted by atomic mass is 10.0. The number of carbonyl (C=O) groups excluding carboxylic acids is 4. The Morgan fingerprint density at radius 2 is 1.34 bits per heavy atom. The monoisotopic (exact) mass is 589 g/mol. The number of urea groups is 1. The molecule has 9 nitrogen and oxygen atoms in total. The van der Waals surface area contributed by atoms with E-state index in [9.17, 15) is 19.2 Å². The van der Waals surface area contributed by atoms with Crippen LogP contribution in [-0.4, -0.2) is 37.0 Å². The molecule has 1 aliphatic rings. The summed E-state index contributed by atoms with van der Waals surface area (Å²) in [5.74, 6) is -1.20. The Hall–Kier alpha value is -5.70. The number of amides is 5. The van der Waals surface area contributed by atoms with Crippen LogP contribution in [0.2, 0.25) is 0 Å². The molecule has 5 amide bonds. The molecule has 1 fully saturated rings. The maximum absolute atomic E-state index is 13.7. The molecule has 0 aromatic heterocycles. The van der Waals surface area contributed by atoms with Gasteiger partial charge in [-0.1, -0.05) is 48.5 Å². The number of ether oxygens (including phenoxy) is 2. The summed E-state index contributed by atoms with van der Waals surface area (Å²) in [5, 5.41) is 2.82. The maximum atomic E-state index is 13.7. The quantitative estimate of drug-likeness (QED) is 0.181. The molecular formula is C35H31N3O6. The minimum Gasteiger partial charge on any atom is -0.490 e. The van der Waals surface area contributed by atoms with E-state index in [1.165, 1.54) is 6.08 Å². The van der Waals surface area contributed by atoms with E-state index in [1.54, 1.807) is 85.8 Å². The normalized spacial score (nSPS) is 13.2. The van der Waals surface area contributed by atoms with Gasteiger partial charge in [-0.15, -0.1) is 0 Å². The number of nitrogens with zero attached hydrogens (tertiary/aromatic N) is 2. The molecule has 0 saturated carbocycles. The van der Waals surface area contributed by atoms with Crippen molar-refractivity contribution in [1.29, 1.82) is 0 Å². The first-order valence-electron chi connectivity index (χ1n) is 14.1. The zero-order chi connectivity index (χ0) is 31.2. The van der Waals surface area contributed by atoms with Gasteiger partial charge in [-0.2, -0.15) is 0 Å². The summed E-state index contributed by atoms with van der Waals surface area (Å²) in [6.45, 7) is 5.82. The number of carbonyl (C=O) groups is 4. The highest BCUT2D eigenvalue weighted by atomic mass is 16.5. The van der Waals surface area contributed by atoms with Crippen LogP contribution in [0.15, 0.2) is 103 Å². The van der Waals surface area contributed by atoms with Crippen molar-refractivity contribution in [1.82, 2.24) is 0 Å². The van der Waals surface area contributed by atoms with Crippen molar-refractivity contribution in [3.05, 3.63) is 119 Å². The van der Waals surface area contributed by atoms with E-state index < -0.39 is 17.8 Å². The van der Waals surface area contributed by atoms with Gasteiger partial charge in [0, 0.05) is 5.69 Å². The fourth-order valence-corrected chi connectivity index (χ4v) is 4.67. The van der Waals surface area contributed by atoms with Crippen LogP contribution in [0.5, 0.6) is 11.5 Å². The van der Waals surface area contributed by atoms with Gasteiger partial charge >= 0.3 is 6.03 Å². The Labute approximate surface area is 255 Å². The van der Waals surface area contributed by atoms with Crippen LogP contribution in [0.4, 0.5) is 21.9 Å². The lowest BCUT2D eigenvalue weighted by Crippen LogP contribution is -2.57. The number of benzene rings is 4. The smallest absolute Gasteiger partial charge is 0.343 e. The molecule has 0 atom stereocenters. The number of para-hydroxylation sites is 2. The Bertz CT molecular complexity index is 1690. The zero-order valence-corrected chi connectivity index (χ0v) is 24.6. The topological polar surface area (TPSA) is 105 Å². The van der Waals surface area contributed by atoms with Gasteiger partial charge in [0.1, 0.15) is 5.57 Å². The predicted octanol–water partition coefficient (Wildman–Crippen LogP) is 6.30. The van der Waals surface area contributed by atoms with Crippen LogP contribution in [0.1, 0.15) is 23.6 Å². The fraction of sp³-hybridized carbons (Fsp3) is 0.143. The average Bonchev–Trinajstić information content (AvgIpc) is 3.02. The third-order valence-electron chi connectivity index (χ3n) is 7.01. The molecule has 5 rings (SSSR count). The molecule has 1 heterocycles. The number of hydrogen-bond acceptors (Lipinski definition) is 6. The van der Waals surface area contributed by atoms with Crippen LogP contribution in [0.25, 0.3) is 6.08 Å². The Morgan fingerprint density at radius 3 is 1.91 bits per heavy atom. The molecule has 0 aliphatic carbocycles. The number of nitrogens with one attached hydrogen (secondary N) is 1. The molecule has 4 aromatic rings. The largest absolute Gasteiger partial charge is 0.490 e. The molecule has 1 aliphatic heterocycles. The first-order valence-corrected chi connectivity index (χ1v) is 14.1. The van der Waals surface area contributed by atoms with E-state index >= 15 is 0 Å². The van der Waals surface area contributed by atoms with Crippen LogP contribution >= 0.6 is 0 Å². The highest BCUT2D eigenvalue weighted by molar-refractivity contribution is 6.46. The van der Waals surface area contributed by atoms with Crippen molar-refractivity contribution in [2.45, 2.75) is 20.8 Å². The molecule has 1 N–H and O–H groups in total. The highest BCUT2D eigenvalue weighted by Gasteiger charge is 2.43. The standard InChI is InChI=1S/C35H31N3O6/c1-4-43-31-21-25(16-18-30(31)44-22-32(39)36-26-17-15-23(2)24(3)19-26)20-29-33(40)37(27-11-7-5-8-12-27)35(42)38(34(29)41)28-13-9-6-10-14-28/h5-21H,4,22H2,1-3H3,(H,36,39). The number of anilines is 3. The molecule has 0 bridgehead atoms. The van der Waals surface area contributed by atoms with Gasteiger partial charge in [0.05, 0.1) is 18.0 Å². The van der Waals surface area contributed by atoms with Crippen LogP contribution in [0.3, 0.4) is 0 Å². The van der Waals surface area contributed by atoms with E-state index in [-0.39, 0.29) is 18.1 Å².